The van der Waals surface area contributed by atoms with Gasteiger partial charge in [-0.05, 0) is 31.7 Å². The van der Waals surface area contributed by atoms with Gasteiger partial charge in [0.25, 0.3) is 0 Å². The van der Waals surface area contributed by atoms with Crippen molar-refractivity contribution in [1.82, 2.24) is 4.90 Å². The second kappa shape index (κ2) is 6.95. The molecule has 106 valence electrons. The molecule has 0 aromatic heterocycles. The molecule has 1 aliphatic heterocycles. The zero-order chi connectivity index (χ0) is 14.4. The van der Waals surface area contributed by atoms with Crippen LogP contribution in [0.1, 0.15) is 30.4 Å². The van der Waals surface area contributed by atoms with E-state index in [2.05, 4.69) is 6.07 Å². The minimum Gasteiger partial charge on any atom is -0.445 e. The number of carbonyl (C=O) groups is 1. The van der Waals surface area contributed by atoms with Crippen molar-refractivity contribution in [3.8, 4) is 6.07 Å². The van der Waals surface area contributed by atoms with Gasteiger partial charge >= 0.3 is 6.09 Å². The monoisotopic (exact) mass is 272 g/mol. The molecule has 1 aromatic carbocycles. The fourth-order valence-corrected chi connectivity index (χ4v) is 2.33. The lowest BCUT2D eigenvalue weighted by Gasteiger charge is -2.19. The van der Waals surface area contributed by atoms with E-state index in [1.807, 2.05) is 31.2 Å². The van der Waals surface area contributed by atoms with Crippen LogP contribution < -0.4 is 0 Å². The Morgan fingerprint density at radius 1 is 1.35 bits per heavy atom. The molecule has 0 spiro atoms. The molecule has 0 bridgehead atoms. The third-order valence-corrected chi connectivity index (χ3v) is 3.65. The van der Waals surface area contributed by atoms with E-state index in [-0.39, 0.29) is 12.0 Å². The molecule has 1 saturated heterocycles. The number of ether oxygens (including phenoxy) is 1. The van der Waals surface area contributed by atoms with Crippen LogP contribution in [-0.4, -0.2) is 24.1 Å². The Hall–Kier alpha value is -2.02. The zero-order valence-electron chi connectivity index (χ0n) is 11.8. The average Bonchev–Trinajstić information content (AvgIpc) is 2.72. The minimum absolute atomic E-state index is 0.0740. The molecule has 4 heteroatoms. The van der Waals surface area contributed by atoms with Crippen molar-refractivity contribution in [2.75, 3.05) is 13.1 Å². The third-order valence-electron chi connectivity index (χ3n) is 3.65. The van der Waals surface area contributed by atoms with Crippen molar-refractivity contribution >= 4 is 6.09 Å². The Bertz CT molecular complexity index is 490. The number of nitriles is 1. The van der Waals surface area contributed by atoms with Gasteiger partial charge in [0.1, 0.15) is 6.61 Å². The smallest absolute Gasteiger partial charge is 0.410 e. The fourth-order valence-electron chi connectivity index (χ4n) is 2.33. The first-order chi connectivity index (χ1) is 9.69. The number of nitrogens with zero attached hydrogens (tertiary/aromatic N) is 2. The molecule has 0 saturated carbocycles. The first-order valence-electron chi connectivity index (χ1n) is 7.06. The maximum Gasteiger partial charge on any atom is 0.410 e. The second-order valence-electron chi connectivity index (χ2n) is 5.28. The molecule has 20 heavy (non-hydrogen) atoms. The van der Waals surface area contributed by atoms with Gasteiger partial charge in [-0.3, -0.25) is 0 Å². The van der Waals surface area contributed by atoms with Gasteiger partial charge in [-0.15, -0.1) is 0 Å². The van der Waals surface area contributed by atoms with Gasteiger partial charge < -0.3 is 9.64 Å². The third kappa shape index (κ3) is 3.99. The van der Waals surface area contributed by atoms with E-state index in [9.17, 15) is 4.79 Å². The van der Waals surface area contributed by atoms with E-state index in [1.54, 1.807) is 4.90 Å². The molecule has 0 N–H and O–H groups in total. The summed E-state index contributed by atoms with van der Waals surface area (Å²) in [6.07, 6.45) is 2.22. The van der Waals surface area contributed by atoms with Crippen LogP contribution in [0, 0.1) is 24.2 Å². The van der Waals surface area contributed by atoms with Gasteiger partial charge in [0.15, 0.2) is 0 Å². The Kier molecular flexibility index (Phi) is 5.00. The summed E-state index contributed by atoms with van der Waals surface area (Å²) in [6.45, 7) is 3.63. The molecule has 1 heterocycles. The number of amides is 1. The SMILES string of the molecule is Cc1ccc(COC(=O)N2CCCC(C#N)CC2)cc1. The number of aryl methyl sites for hydroxylation is 1. The van der Waals surface area contributed by atoms with Gasteiger partial charge in [-0.1, -0.05) is 29.8 Å². The van der Waals surface area contributed by atoms with Gasteiger partial charge in [0.05, 0.1) is 6.07 Å². The Labute approximate surface area is 120 Å². The maximum atomic E-state index is 12.0. The lowest BCUT2D eigenvalue weighted by atomic mass is 10.0. The summed E-state index contributed by atoms with van der Waals surface area (Å²) in [7, 11) is 0. The van der Waals surface area contributed by atoms with Crippen LogP contribution in [-0.2, 0) is 11.3 Å². The number of carbonyl (C=O) groups excluding carboxylic acids is 1. The molecule has 1 atom stereocenters. The molecular weight excluding hydrogens is 252 g/mol. The molecule has 1 amide bonds. The van der Waals surface area contributed by atoms with E-state index in [4.69, 9.17) is 10.00 Å². The van der Waals surface area contributed by atoms with Gasteiger partial charge in [-0.25, -0.2) is 4.79 Å². The van der Waals surface area contributed by atoms with E-state index in [1.165, 1.54) is 5.56 Å². The van der Waals surface area contributed by atoms with Crippen LogP contribution in [0.2, 0.25) is 0 Å². The lowest BCUT2D eigenvalue weighted by Crippen LogP contribution is -2.32. The highest BCUT2D eigenvalue weighted by Gasteiger charge is 2.21. The molecular formula is C16H20N2O2. The molecule has 0 radical (unpaired) electrons. The first-order valence-corrected chi connectivity index (χ1v) is 7.06. The number of benzene rings is 1. The Morgan fingerprint density at radius 3 is 2.80 bits per heavy atom. The molecule has 2 rings (SSSR count). The highest BCUT2D eigenvalue weighted by Crippen LogP contribution is 2.17. The van der Waals surface area contributed by atoms with Crippen LogP contribution in [0.5, 0.6) is 0 Å². The zero-order valence-corrected chi connectivity index (χ0v) is 11.8. The standard InChI is InChI=1S/C16H20N2O2/c1-13-4-6-15(7-5-13)12-20-16(19)18-9-2-3-14(11-17)8-10-18/h4-7,14H,2-3,8-10,12H2,1H3. The van der Waals surface area contributed by atoms with Crippen LogP contribution in [0.15, 0.2) is 24.3 Å². The highest BCUT2D eigenvalue weighted by atomic mass is 16.6. The Morgan fingerprint density at radius 2 is 2.10 bits per heavy atom. The summed E-state index contributed by atoms with van der Waals surface area (Å²) in [5.74, 6) is 0.0740. The summed E-state index contributed by atoms with van der Waals surface area (Å²) in [5.41, 5.74) is 2.18. The quantitative estimate of drug-likeness (QED) is 0.830. The largest absolute Gasteiger partial charge is 0.445 e. The van der Waals surface area contributed by atoms with Crippen LogP contribution >= 0.6 is 0 Å². The van der Waals surface area contributed by atoms with E-state index >= 15 is 0 Å². The van der Waals surface area contributed by atoms with E-state index in [0.717, 1.165) is 24.8 Å². The van der Waals surface area contributed by atoms with E-state index in [0.29, 0.717) is 19.7 Å². The van der Waals surface area contributed by atoms with Gasteiger partial charge in [0, 0.05) is 19.0 Å². The van der Waals surface area contributed by atoms with Crippen molar-refractivity contribution in [3.05, 3.63) is 35.4 Å². The average molecular weight is 272 g/mol. The topological polar surface area (TPSA) is 53.3 Å². The molecule has 1 unspecified atom stereocenters. The lowest BCUT2D eigenvalue weighted by molar-refractivity contribution is 0.0972. The molecule has 4 nitrogen and oxygen atoms in total. The van der Waals surface area contributed by atoms with Gasteiger partial charge in [-0.2, -0.15) is 5.26 Å². The second-order valence-corrected chi connectivity index (χ2v) is 5.28. The molecule has 1 aliphatic rings. The van der Waals surface area contributed by atoms with Crippen LogP contribution in [0.3, 0.4) is 0 Å². The van der Waals surface area contributed by atoms with Crippen molar-refractivity contribution in [2.24, 2.45) is 5.92 Å². The summed E-state index contributed by atoms with van der Waals surface area (Å²) >= 11 is 0. The summed E-state index contributed by atoms with van der Waals surface area (Å²) in [6, 6.07) is 10.2. The molecule has 0 aliphatic carbocycles. The first kappa shape index (κ1) is 14.4. The predicted octanol–water partition coefficient (Wildman–Crippen LogP) is 3.26. The summed E-state index contributed by atoms with van der Waals surface area (Å²) < 4.78 is 5.34. The van der Waals surface area contributed by atoms with Crippen LogP contribution in [0.25, 0.3) is 0 Å². The number of hydrogen-bond donors (Lipinski definition) is 0. The molecule has 1 fully saturated rings. The van der Waals surface area contributed by atoms with Crippen LogP contribution in [0.4, 0.5) is 4.79 Å². The van der Waals surface area contributed by atoms with Crippen molar-refractivity contribution < 1.29 is 9.53 Å². The highest BCUT2D eigenvalue weighted by molar-refractivity contribution is 5.67. The van der Waals surface area contributed by atoms with Crippen molar-refractivity contribution in [2.45, 2.75) is 32.8 Å². The molecule has 1 aromatic rings. The number of hydrogen-bond acceptors (Lipinski definition) is 3. The van der Waals surface area contributed by atoms with Crippen molar-refractivity contribution in [3.63, 3.8) is 0 Å². The predicted molar refractivity (Wildman–Crippen MR) is 75.9 cm³/mol. The maximum absolute atomic E-state index is 12.0. The normalized spacial score (nSPS) is 19.0. The van der Waals surface area contributed by atoms with E-state index < -0.39 is 0 Å². The van der Waals surface area contributed by atoms with Crippen molar-refractivity contribution in [1.29, 1.82) is 5.26 Å². The number of likely N-dealkylation sites (tertiary alicyclic amines) is 1. The number of rotatable bonds is 2. The fraction of sp³-hybridized carbons (Fsp3) is 0.500. The van der Waals surface area contributed by atoms with Gasteiger partial charge in [0.2, 0.25) is 0 Å². The Balaban J connectivity index is 1.82. The summed E-state index contributed by atoms with van der Waals surface area (Å²) in [4.78, 5) is 13.7. The summed E-state index contributed by atoms with van der Waals surface area (Å²) in [5, 5.41) is 8.93. The minimum atomic E-state index is -0.274.